The number of aryl methyl sites for hydroxylation is 1. The van der Waals surface area contributed by atoms with Gasteiger partial charge in [-0.3, -0.25) is 14.5 Å². The summed E-state index contributed by atoms with van der Waals surface area (Å²) in [6, 6.07) is 1.59. The zero-order valence-electron chi connectivity index (χ0n) is 15.7. The maximum Gasteiger partial charge on any atom is 0.325 e. The van der Waals surface area contributed by atoms with Gasteiger partial charge in [0, 0.05) is 11.9 Å². The summed E-state index contributed by atoms with van der Waals surface area (Å²) in [4.78, 5) is 41.6. The number of carbonyl (C=O) groups excluding carboxylic acids is 3. The predicted molar refractivity (Wildman–Crippen MR) is 101 cm³/mol. The van der Waals surface area contributed by atoms with Gasteiger partial charge in [-0.2, -0.15) is 0 Å². The molecule has 7 heteroatoms. The Balaban J connectivity index is 1.62. The highest BCUT2D eigenvalue weighted by Gasteiger charge is 2.52. The minimum Gasteiger partial charge on any atom is -0.339 e. The first-order valence-corrected chi connectivity index (χ1v) is 10.2. The third-order valence-electron chi connectivity index (χ3n) is 5.85. The van der Waals surface area contributed by atoms with E-state index in [4.69, 9.17) is 0 Å². The van der Waals surface area contributed by atoms with E-state index in [0.717, 1.165) is 34.6 Å². The van der Waals surface area contributed by atoms with Crippen LogP contribution < -0.4 is 5.32 Å². The van der Waals surface area contributed by atoms with E-state index < -0.39 is 11.6 Å². The molecular weight excluding hydrogens is 350 g/mol. The van der Waals surface area contributed by atoms with Crippen molar-refractivity contribution in [2.24, 2.45) is 5.92 Å². The lowest BCUT2D eigenvalue weighted by Crippen LogP contribution is -2.50. The van der Waals surface area contributed by atoms with Crippen LogP contribution in [0.1, 0.15) is 49.5 Å². The molecule has 0 unspecified atom stereocenters. The van der Waals surface area contributed by atoms with Crippen LogP contribution >= 0.6 is 11.3 Å². The summed E-state index contributed by atoms with van der Waals surface area (Å²) in [7, 11) is 1.71. The van der Waals surface area contributed by atoms with Crippen LogP contribution in [0.4, 0.5) is 4.79 Å². The minimum absolute atomic E-state index is 0.190. The molecule has 6 nitrogen and oxygen atoms in total. The fourth-order valence-electron chi connectivity index (χ4n) is 3.86. The zero-order valence-corrected chi connectivity index (χ0v) is 16.5. The molecule has 1 aliphatic heterocycles. The average Bonchev–Trinajstić information content (AvgIpc) is 3.12. The molecule has 0 bridgehead atoms. The molecule has 0 aromatic carbocycles. The Morgan fingerprint density at radius 2 is 2.08 bits per heavy atom. The molecule has 2 aliphatic rings. The maximum absolute atomic E-state index is 12.9. The number of thiophene rings is 1. The number of urea groups is 1. The SMILES string of the molecule is CCC1CCC2(CC1)NC(=O)N(CC(=O)N(C)Cc1sccc1C)C2=O. The van der Waals surface area contributed by atoms with Crippen molar-refractivity contribution >= 4 is 29.2 Å². The van der Waals surface area contributed by atoms with Crippen LogP contribution in [0.3, 0.4) is 0 Å². The highest BCUT2D eigenvalue weighted by atomic mass is 32.1. The van der Waals surface area contributed by atoms with Crippen LogP contribution in [0.15, 0.2) is 11.4 Å². The Morgan fingerprint density at radius 3 is 2.65 bits per heavy atom. The van der Waals surface area contributed by atoms with Crippen LogP contribution in [0.2, 0.25) is 0 Å². The van der Waals surface area contributed by atoms with E-state index in [-0.39, 0.29) is 18.4 Å². The Morgan fingerprint density at radius 1 is 1.38 bits per heavy atom. The molecule has 0 atom stereocenters. The third-order valence-corrected chi connectivity index (χ3v) is 6.86. The van der Waals surface area contributed by atoms with Gasteiger partial charge in [0.2, 0.25) is 5.91 Å². The Bertz CT molecular complexity index is 707. The first-order valence-electron chi connectivity index (χ1n) is 9.27. The van der Waals surface area contributed by atoms with E-state index >= 15 is 0 Å². The van der Waals surface area contributed by atoms with E-state index in [2.05, 4.69) is 12.2 Å². The summed E-state index contributed by atoms with van der Waals surface area (Å²) >= 11 is 1.61. The number of nitrogens with one attached hydrogen (secondary N) is 1. The first kappa shape index (κ1) is 18.9. The van der Waals surface area contributed by atoms with Gasteiger partial charge in [0.05, 0.1) is 6.54 Å². The van der Waals surface area contributed by atoms with Crippen molar-refractivity contribution in [1.82, 2.24) is 15.1 Å². The van der Waals surface area contributed by atoms with Crippen LogP contribution in [0.25, 0.3) is 0 Å². The number of rotatable bonds is 5. The van der Waals surface area contributed by atoms with Crippen molar-refractivity contribution in [2.75, 3.05) is 13.6 Å². The normalized spacial score (nSPS) is 25.7. The van der Waals surface area contributed by atoms with E-state index in [1.54, 1.807) is 23.3 Å². The van der Waals surface area contributed by atoms with E-state index in [1.165, 1.54) is 0 Å². The largest absolute Gasteiger partial charge is 0.339 e. The lowest BCUT2D eigenvalue weighted by Gasteiger charge is -2.34. The van der Waals surface area contributed by atoms with Crippen molar-refractivity contribution < 1.29 is 14.4 Å². The van der Waals surface area contributed by atoms with Gasteiger partial charge in [0.25, 0.3) is 5.91 Å². The number of likely N-dealkylation sites (N-methyl/N-ethyl adjacent to an activating group) is 1. The molecule has 4 amide bonds. The smallest absolute Gasteiger partial charge is 0.325 e. The molecule has 142 valence electrons. The quantitative estimate of drug-likeness (QED) is 0.802. The Hall–Kier alpha value is -1.89. The molecule has 26 heavy (non-hydrogen) atoms. The molecular formula is C19H27N3O3S. The molecule has 3 rings (SSSR count). The van der Waals surface area contributed by atoms with Crippen molar-refractivity contribution in [3.63, 3.8) is 0 Å². The van der Waals surface area contributed by atoms with Crippen molar-refractivity contribution in [2.45, 2.75) is 58.0 Å². The molecule has 2 heterocycles. The third kappa shape index (κ3) is 3.49. The van der Waals surface area contributed by atoms with Gasteiger partial charge >= 0.3 is 6.03 Å². The number of hydrogen-bond acceptors (Lipinski definition) is 4. The van der Waals surface area contributed by atoms with Crippen LogP contribution in [0.5, 0.6) is 0 Å². The number of hydrogen-bond donors (Lipinski definition) is 1. The van der Waals surface area contributed by atoms with Gasteiger partial charge in [-0.1, -0.05) is 13.3 Å². The highest BCUT2D eigenvalue weighted by molar-refractivity contribution is 7.10. The molecule has 1 aromatic rings. The second-order valence-corrected chi connectivity index (χ2v) is 8.53. The second kappa shape index (κ2) is 7.39. The van der Waals surface area contributed by atoms with Crippen molar-refractivity contribution in [3.05, 3.63) is 21.9 Å². The number of nitrogens with zero attached hydrogens (tertiary/aromatic N) is 2. The highest BCUT2D eigenvalue weighted by Crippen LogP contribution is 2.37. The monoisotopic (exact) mass is 377 g/mol. The summed E-state index contributed by atoms with van der Waals surface area (Å²) < 4.78 is 0. The van der Waals surface area contributed by atoms with Crippen LogP contribution in [0, 0.1) is 12.8 Å². The van der Waals surface area contributed by atoms with Gasteiger partial charge in [-0.25, -0.2) is 4.79 Å². The summed E-state index contributed by atoms with van der Waals surface area (Å²) in [5.41, 5.74) is 0.364. The molecule has 0 radical (unpaired) electrons. The molecule has 1 aliphatic carbocycles. The molecule has 1 saturated heterocycles. The van der Waals surface area contributed by atoms with Gasteiger partial charge in [-0.05, 0) is 55.5 Å². The van der Waals surface area contributed by atoms with Gasteiger partial charge in [0.1, 0.15) is 12.1 Å². The molecule has 2 fully saturated rings. The summed E-state index contributed by atoms with van der Waals surface area (Å²) in [6.45, 7) is 4.48. The summed E-state index contributed by atoms with van der Waals surface area (Å²) in [6.07, 6.45) is 4.34. The Labute approximate surface area is 158 Å². The zero-order chi connectivity index (χ0) is 18.9. The maximum atomic E-state index is 12.9. The minimum atomic E-state index is -0.786. The van der Waals surface area contributed by atoms with Crippen molar-refractivity contribution in [1.29, 1.82) is 0 Å². The van der Waals surface area contributed by atoms with Gasteiger partial charge in [0.15, 0.2) is 0 Å². The summed E-state index contributed by atoms with van der Waals surface area (Å²) in [5.74, 6) is 0.174. The van der Waals surface area contributed by atoms with Gasteiger partial charge < -0.3 is 10.2 Å². The lowest BCUT2D eigenvalue weighted by atomic mass is 9.75. The number of carbonyl (C=O) groups is 3. The lowest BCUT2D eigenvalue weighted by molar-refractivity contribution is -0.139. The second-order valence-electron chi connectivity index (χ2n) is 7.53. The van der Waals surface area contributed by atoms with E-state index in [1.807, 2.05) is 18.4 Å². The fraction of sp³-hybridized carbons (Fsp3) is 0.632. The molecule has 1 spiro atoms. The molecule has 1 aromatic heterocycles. The standard InChI is InChI=1S/C19H27N3O3S/c1-4-14-5-8-19(9-6-14)17(24)22(18(25)20-19)12-16(23)21(3)11-15-13(2)7-10-26-15/h7,10,14H,4-6,8-9,11-12H2,1-3H3,(H,20,25). The summed E-state index contributed by atoms with van der Waals surface area (Å²) in [5, 5.41) is 4.88. The van der Waals surface area contributed by atoms with Gasteiger partial charge in [-0.15, -0.1) is 11.3 Å². The Kier molecular flexibility index (Phi) is 5.37. The first-order chi connectivity index (χ1) is 12.4. The topological polar surface area (TPSA) is 69.7 Å². The molecule has 1 saturated carbocycles. The molecule has 1 N–H and O–H groups in total. The predicted octanol–water partition coefficient (Wildman–Crippen LogP) is 2.91. The van der Waals surface area contributed by atoms with E-state index in [9.17, 15) is 14.4 Å². The van der Waals surface area contributed by atoms with Crippen LogP contribution in [-0.2, 0) is 16.1 Å². The number of amides is 4. The fourth-order valence-corrected chi connectivity index (χ4v) is 4.82. The van der Waals surface area contributed by atoms with Crippen molar-refractivity contribution in [3.8, 4) is 0 Å². The van der Waals surface area contributed by atoms with E-state index in [0.29, 0.717) is 25.3 Å². The number of imide groups is 1. The average molecular weight is 378 g/mol. The van der Waals surface area contributed by atoms with Crippen LogP contribution in [-0.4, -0.2) is 46.8 Å².